The summed E-state index contributed by atoms with van der Waals surface area (Å²) in [5, 5.41) is 8.84. The van der Waals surface area contributed by atoms with Gasteiger partial charge in [0, 0.05) is 6.20 Å². The summed E-state index contributed by atoms with van der Waals surface area (Å²) in [5.41, 5.74) is 8.04. The predicted molar refractivity (Wildman–Crippen MR) is 71.1 cm³/mol. The second kappa shape index (κ2) is 5.39. The van der Waals surface area contributed by atoms with Crippen molar-refractivity contribution in [2.24, 2.45) is 0 Å². The molecule has 1 aromatic heterocycles. The Balaban J connectivity index is 2.12. The van der Waals surface area contributed by atoms with Crippen LogP contribution in [-0.2, 0) is 6.61 Å². The summed E-state index contributed by atoms with van der Waals surface area (Å²) in [5.74, 6) is -0.561. The van der Waals surface area contributed by atoms with Gasteiger partial charge in [0.2, 0.25) is 0 Å². The zero-order chi connectivity index (χ0) is 13.8. The highest BCUT2D eigenvalue weighted by molar-refractivity contribution is 5.89. The van der Waals surface area contributed by atoms with Crippen LogP contribution in [0.15, 0.2) is 36.5 Å². The number of nitrogens with zero attached hydrogens (tertiary/aromatic N) is 1. The number of carboxylic acid groups (broad SMARTS) is 1. The number of hydrogen-bond acceptors (Lipinski definition) is 4. The Morgan fingerprint density at radius 2 is 2.21 bits per heavy atom. The zero-order valence-electron chi connectivity index (χ0n) is 10.5. The lowest BCUT2D eigenvalue weighted by molar-refractivity contribution is 0.0697. The molecule has 1 aromatic carbocycles. The zero-order valence-corrected chi connectivity index (χ0v) is 10.5. The van der Waals surface area contributed by atoms with Crippen LogP contribution >= 0.6 is 0 Å². The van der Waals surface area contributed by atoms with E-state index in [9.17, 15) is 4.79 Å². The standard InChI is InChI=1S/C14H14N2O3/c1-9-3-2-6-16-12(9)8-19-13-5-4-10(14(17)18)7-11(13)15/h2-7H,8,15H2,1H3,(H,17,18). The van der Waals surface area contributed by atoms with Gasteiger partial charge < -0.3 is 15.6 Å². The largest absolute Gasteiger partial charge is 0.485 e. The number of rotatable bonds is 4. The summed E-state index contributed by atoms with van der Waals surface area (Å²) in [6.45, 7) is 2.24. The van der Waals surface area contributed by atoms with E-state index in [1.807, 2.05) is 19.1 Å². The maximum absolute atomic E-state index is 10.8. The van der Waals surface area contributed by atoms with Crippen LogP contribution in [-0.4, -0.2) is 16.1 Å². The number of ether oxygens (including phenoxy) is 1. The number of carbonyl (C=O) groups is 1. The van der Waals surface area contributed by atoms with Crippen LogP contribution in [0.5, 0.6) is 5.75 Å². The van der Waals surface area contributed by atoms with Crippen molar-refractivity contribution in [2.45, 2.75) is 13.5 Å². The number of benzene rings is 1. The van der Waals surface area contributed by atoms with Crippen molar-refractivity contribution in [3.05, 3.63) is 53.3 Å². The highest BCUT2D eigenvalue weighted by Gasteiger charge is 2.08. The molecule has 0 aliphatic carbocycles. The fraction of sp³-hybridized carbons (Fsp3) is 0.143. The average molecular weight is 258 g/mol. The lowest BCUT2D eigenvalue weighted by Crippen LogP contribution is -2.04. The smallest absolute Gasteiger partial charge is 0.335 e. The molecule has 0 fully saturated rings. The monoisotopic (exact) mass is 258 g/mol. The van der Waals surface area contributed by atoms with Gasteiger partial charge in [0.15, 0.2) is 0 Å². The summed E-state index contributed by atoms with van der Waals surface area (Å²) < 4.78 is 5.56. The van der Waals surface area contributed by atoms with Crippen molar-refractivity contribution in [3.8, 4) is 5.75 Å². The third-order valence-electron chi connectivity index (χ3n) is 2.74. The lowest BCUT2D eigenvalue weighted by Gasteiger charge is -2.10. The molecule has 3 N–H and O–H groups in total. The van der Waals surface area contributed by atoms with E-state index in [4.69, 9.17) is 15.6 Å². The molecule has 2 aromatic rings. The van der Waals surface area contributed by atoms with Crippen molar-refractivity contribution < 1.29 is 14.6 Å². The molecular formula is C14H14N2O3. The lowest BCUT2D eigenvalue weighted by atomic mass is 10.2. The highest BCUT2D eigenvalue weighted by atomic mass is 16.5. The number of nitrogens with two attached hydrogens (primary N) is 1. The van der Waals surface area contributed by atoms with Gasteiger partial charge in [0.1, 0.15) is 12.4 Å². The summed E-state index contributed by atoms with van der Waals surface area (Å²) in [6.07, 6.45) is 1.70. The van der Waals surface area contributed by atoms with Gasteiger partial charge in [-0.25, -0.2) is 4.79 Å². The van der Waals surface area contributed by atoms with Gasteiger partial charge in [-0.2, -0.15) is 0 Å². The van der Waals surface area contributed by atoms with Crippen molar-refractivity contribution >= 4 is 11.7 Å². The number of aryl methyl sites for hydroxylation is 1. The van der Waals surface area contributed by atoms with E-state index in [1.54, 1.807) is 12.3 Å². The summed E-state index contributed by atoms with van der Waals surface area (Å²) >= 11 is 0. The fourth-order valence-electron chi connectivity index (χ4n) is 1.63. The Morgan fingerprint density at radius 3 is 2.84 bits per heavy atom. The molecule has 5 nitrogen and oxygen atoms in total. The number of anilines is 1. The summed E-state index contributed by atoms with van der Waals surface area (Å²) in [4.78, 5) is 15.0. The van der Waals surface area contributed by atoms with E-state index in [-0.39, 0.29) is 5.56 Å². The molecule has 0 saturated heterocycles. The minimum Gasteiger partial charge on any atom is -0.485 e. The molecule has 0 spiro atoms. The maximum Gasteiger partial charge on any atom is 0.335 e. The van der Waals surface area contributed by atoms with Crippen LogP contribution in [0.3, 0.4) is 0 Å². The molecule has 98 valence electrons. The summed E-state index contributed by atoms with van der Waals surface area (Å²) in [6, 6.07) is 8.19. The Labute approximate surface area is 110 Å². The van der Waals surface area contributed by atoms with Gasteiger partial charge in [-0.3, -0.25) is 4.98 Å². The molecule has 0 aliphatic rings. The molecule has 0 amide bonds. The Kier molecular flexibility index (Phi) is 3.66. The van der Waals surface area contributed by atoms with E-state index in [0.29, 0.717) is 18.0 Å². The topological polar surface area (TPSA) is 85.4 Å². The van der Waals surface area contributed by atoms with Crippen LogP contribution in [0.1, 0.15) is 21.6 Å². The molecular weight excluding hydrogens is 244 g/mol. The Bertz CT molecular complexity index is 611. The quantitative estimate of drug-likeness (QED) is 0.821. The third-order valence-corrected chi connectivity index (χ3v) is 2.74. The van der Waals surface area contributed by atoms with E-state index in [1.165, 1.54) is 12.1 Å². The van der Waals surface area contributed by atoms with Gasteiger partial charge in [-0.05, 0) is 36.8 Å². The summed E-state index contributed by atoms with van der Waals surface area (Å²) in [7, 11) is 0. The van der Waals surface area contributed by atoms with E-state index in [2.05, 4.69) is 4.98 Å². The molecule has 0 aliphatic heterocycles. The number of aromatic carboxylic acids is 1. The van der Waals surface area contributed by atoms with Gasteiger partial charge in [0.05, 0.1) is 16.9 Å². The van der Waals surface area contributed by atoms with E-state index in [0.717, 1.165) is 11.3 Å². The van der Waals surface area contributed by atoms with Crippen LogP contribution in [0.2, 0.25) is 0 Å². The molecule has 5 heteroatoms. The van der Waals surface area contributed by atoms with Crippen LogP contribution in [0.25, 0.3) is 0 Å². The molecule has 1 heterocycles. The molecule has 0 atom stereocenters. The Morgan fingerprint density at radius 1 is 1.42 bits per heavy atom. The van der Waals surface area contributed by atoms with Crippen molar-refractivity contribution in [2.75, 3.05) is 5.73 Å². The Hall–Kier alpha value is -2.56. The first-order valence-electron chi connectivity index (χ1n) is 5.74. The molecule has 0 bridgehead atoms. The molecule has 2 rings (SSSR count). The number of hydrogen-bond donors (Lipinski definition) is 2. The van der Waals surface area contributed by atoms with Gasteiger partial charge in [-0.15, -0.1) is 0 Å². The van der Waals surface area contributed by atoms with Gasteiger partial charge in [0.25, 0.3) is 0 Å². The molecule has 19 heavy (non-hydrogen) atoms. The first-order valence-corrected chi connectivity index (χ1v) is 5.74. The third kappa shape index (κ3) is 3.01. The second-order valence-electron chi connectivity index (χ2n) is 4.11. The van der Waals surface area contributed by atoms with E-state index < -0.39 is 5.97 Å². The number of aromatic nitrogens is 1. The molecule has 0 radical (unpaired) electrons. The highest BCUT2D eigenvalue weighted by Crippen LogP contribution is 2.23. The number of nitrogen functional groups attached to an aromatic ring is 1. The normalized spacial score (nSPS) is 10.2. The first-order chi connectivity index (χ1) is 9.08. The van der Waals surface area contributed by atoms with Crippen LogP contribution < -0.4 is 10.5 Å². The second-order valence-corrected chi connectivity index (χ2v) is 4.11. The molecule has 0 unspecified atom stereocenters. The van der Waals surface area contributed by atoms with Crippen molar-refractivity contribution in [1.29, 1.82) is 0 Å². The minimum atomic E-state index is -1.01. The number of pyridine rings is 1. The SMILES string of the molecule is Cc1cccnc1COc1ccc(C(=O)O)cc1N. The van der Waals surface area contributed by atoms with Crippen molar-refractivity contribution in [1.82, 2.24) is 4.98 Å². The predicted octanol–water partition coefficient (Wildman–Crippen LogP) is 2.25. The van der Waals surface area contributed by atoms with Gasteiger partial charge >= 0.3 is 5.97 Å². The average Bonchev–Trinajstić information content (AvgIpc) is 2.39. The fourth-order valence-corrected chi connectivity index (χ4v) is 1.63. The molecule has 0 saturated carbocycles. The minimum absolute atomic E-state index is 0.138. The number of carboxylic acids is 1. The van der Waals surface area contributed by atoms with Crippen LogP contribution in [0.4, 0.5) is 5.69 Å². The van der Waals surface area contributed by atoms with E-state index >= 15 is 0 Å². The van der Waals surface area contributed by atoms with Gasteiger partial charge in [-0.1, -0.05) is 6.07 Å². The first kappa shape index (κ1) is 12.9. The van der Waals surface area contributed by atoms with Crippen molar-refractivity contribution in [3.63, 3.8) is 0 Å². The van der Waals surface area contributed by atoms with Crippen LogP contribution in [0, 0.1) is 6.92 Å². The maximum atomic E-state index is 10.8.